The molecule has 0 aromatic rings. The van der Waals surface area contributed by atoms with Crippen molar-refractivity contribution >= 4 is 5.91 Å². The summed E-state index contributed by atoms with van der Waals surface area (Å²) in [5.41, 5.74) is 8.30. The normalized spacial score (nSPS) is 20.1. The quantitative estimate of drug-likeness (QED) is 0.754. The average Bonchev–Trinajstić information content (AvgIpc) is 2.34. The summed E-state index contributed by atoms with van der Waals surface area (Å²) >= 11 is 0. The molecule has 100 valence electrons. The van der Waals surface area contributed by atoms with Gasteiger partial charge in [0.25, 0.3) is 5.91 Å². The van der Waals surface area contributed by atoms with Crippen molar-refractivity contribution in [1.82, 2.24) is 4.90 Å². The van der Waals surface area contributed by atoms with E-state index < -0.39 is 0 Å². The van der Waals surface area contributed by atoms with Crippen LogP contribution in [0.4, 0.5) is 0 Å². The van der Waals surface area contributed by atoms with Crippen LogP contribution >= 0.6 is 0 Å². The Bertz CT molecular complexity index is 370. The Morgan fingerprint density at radius 1 is 1.56 bits per heavy atom. The molecule has 1 atom stereocenters. The molecule has 0 saturated carbocycles. The third-order valence-corrected chi connectivity index (χ3v) is 3.00. The lowest BCUT2D eigenvalue weighted by Crippen LogP contribution is -2.25. The molecule has 4 heteroatoms. The third-order valence-electron chi connectivity index (χ3n) is 3.00. The molecule has 1 aliphatic rings. The van der Waals surface area contributed by atoms with Crippen LogP contribution in [0.2, 0.25) is 0 Å². The summed E-state index contributed by atoms with van der Waals surface area (Å²) in [6.07, 6.45) is 8.12. The van der Waals surface area contributed by atoms with Gasteiger partial charge >= 0.3 is 0 Å². The van der Waals surface area contributed by atoms with Gasteiger partial charge in [0.1, 0.15) is 0 Å². The number of ether oxygens (including phenoxy) is 1. The molecule has 18 heavy (non-hydrogen) atoms. The number of allylic oxidation sites excluding steroid dienone is 3. The van der Waals surface area contributed by atoms with Gasteiger partial charge in [-0.25, -0.2) is 0 Å². The highest BCUT2D eigenvalue weighted by Gasteiger charge is 2.14. The molecule has 0 radical (unpaired) electrons. The van der Waals surface area contributed by atoms with Gasteiger partial charge in [0.2, 0.25) is 0 Å². The lowest BCUT2D eigenvalue weighted by atomic mass is 9.89. The maximum Gasteiger partial charge on any atom is 0.259 e. The number of carbonyl (C=O) groups is 1. The number of amides is 1. The largest absolute Gasteiger partial charge is 0.491 e. The monoisotopic (exact) mass is 250 g/mol. The van der Waals surface area contributed by atoms with Crippen molar-refractivity contribution < 1.29 is 9.53 Å². The molecule has 0 aromatic carbocycles. The van der Waals surface area contributed by atoms with Crippen LogP contribution in [-0.4, -0.2) is 37.6 Å². The minimum absolute atomic E-state index is 0.0575. The van der Waals surface area contributed by atoms with Gasteiger partial charge in [0.05, 0.1) is 6.26 Å². The molecule has 0 heterocycles. The van der Waals surface area contributed by atoms with Gasteiger partial charge in [0, 0.05) is 20.1 Å². The van der Waals surface area contributed by atoms with Crippen molar-refractivity contribution in [2.75, 3.05) is 20.7 Å². The first-order valence-electron chi connectivity index (χ1n) is 6.13. The molecule has 1 amide bonds. The molecule has 0 spiro atoms. The number of hydrogen-bond acceptors (Lipinski definition) is 3. The molecular formula is C14H22N2O2. The van der Waals surface area contributed by atoms with Gasteiger partial charge in [-0.1, -0.05) is 12.7 Å². The molecule has 0 bridgehead atoms. The summed E-state index contributed by atoms with van der Waals surface area (Å²) < 4.78 is 5.21. The van der Waals surface area contributed by atoms with Gasteiger partial charge < -0.3 is 15.4 Å². The first-order valence-corrected chi connectivity index (χ1v) is 6.13. The number of carbonyl (C=O) groups excluding carboxylic acids is 1. The highest BCUT2D eigenvalue weighted by atomic mass is 16.5. The van der Waals surface area contributed by atoms with Crippen molar-refractivity contribution in [2.24, 2.45) is 5.73 Å². The summed E-state index contributed by atoms with van der Waals surface area (Å²) in [5, 5.41) is 0. The Kier molecular flexibility index (Phi) is 5.65. The Labute approximate surface area is 109 Å². The Balaban J connectivity index is 2.51. The Hall–Kier alpha value is -1.55. The van der Waals surface area contributed by atoms with E-state index in [0.29, 0.717) is 0 Å². The zero-order chi connectivity index (χ0) is 13.5. The molecule has 2 N–H and O–H groups in total. The standard InChI is InChI=1S/C14H22N2O2/c1-4-11-5-6-13(15)9-12(11)7-8-18-10-14(17)16(2)3/h4,7-8,13H,1,5-6,9-10,15H2,2-3H3/b8-7+. The lowest BCUT2D eigenvalue weighted by molar-refractivity contribution is -0.131. The first kappa shape index (κ1) is 14.5. The molecule has 1 unspecified atom stereocenters. The van der Waals surface area contributed by atoms with Gasteiger partial charge in [-0.05, 0) is 36.5 Å². The zero-order valence-electron chi connectivity index (χ0n) is 11.2. The predicted molar refractivity (Wildman–Crippen MR) is 72.8 cm³/mol. The number of hydrogen-bond donors (Lipinski definition) is 1. The molecular weight excluding hydrogens is 228 g/mol. The van der Waals surface area contributed by atoms with Crippen molar-refractivity contribution in [3.05, 3.63) is 36.1 Å². The van der Waals surface area contributed by atoms with Crippen LogP contribution in [0.1, 0.15) is 19.3 Å². The summed E-state index contributed by atoms with van der Waals surface area (Å²) in [6, 6.07) is 0.205. The van der Waals surface area contributed by atoms with Crippen LogP contribution in [-0.2, 0) is 9.53 Å². The average molecular weight is 250 g/mol. The molecule has 0 fully saturated rings. The van der Waals surface area contributed by atoms with Crippen molar-refractivity contribution in [3.8, 4) is 0 Å². The number of likely N-dealkylation sites (N-methyl/N-ethyl adjacent to an activating group) is 1. The Morgan fingerprint density at radius 2 is 2.28 bits per heavy atom. The van der Waals surface area contributed by atoms with E-state index in [9.17, 15) is 4.79 Å². The maximum absolute atomic E-state index is 11.3. The molecule has 1 aliphatic carbocycles. The second-order valence-corrected chi connectivity index (χ2v) is 4.66. The van der Waals surface area contributed by atoms with Crippen molar-refractivity contribution in [1.29, 1.82) is 0 Å². The van der Waals surface area contributed by atoms with E-state index in [4.69, 9.17) is 10.5 Å². The third kappa shape index (κ3) is 4.37. The van der Waals surface area contributed by atoms with Crippen LogP contribution in [0.5, 0.6) is 0 Å². The second kappa shape index (κ2) is 7.01. The van der Waals surface area contributed by atoms with Gasteiger partial charge in [0.15, 0.2) is 6.61 Å². The molecule has 1 rings (SSSR count). The first-order chi connectivity index (χ1) is 8.54. The molecule has 0 aromatic heterocycles. The summed E-state index contributed by atoms with van der Waals surface area (Å²) in [5.74, 6) is -0.0575. The number of nitrogens with zero attached hydrogens (tertiary/aromatic N) is 1. The van der Waals surface area contributed by atoms with E-state index in [1.807, 2.05) is 12.2 Å². The van der Waals surface area contributed by atoms with Gasteiger partial charge in [-0.3, -0.25) is 4.79 Å². The SMILES string of the molecule is C=CC1=C(/C=C/OCC(=O)N(C)C)CC(N)CC1. The molecule has 0 aliphatic heterocycles. The maximum atomic E-state index is 11.3. The lowest BCUT2D eigenvalue weighted by Gasteiger charge is -2.21. The fraction of sp³-hybridized carbons (Fsp3) is 0.500. The van der Waals surface area contributed by atoms with E-state index in [2.05, 4.69) is 6.58 Å². The van der Waals surface area contributed by atoms with Gasteiger partial charge in [-0.15, -0.1) is 0 Å². The van der Waals surface area contributed by atoms with Crippen LogP contribution < -0.4 is 5.73 Å². The van der Waals surface area contributed by atoms with Crippen molar-refractivity contribution in [3.63, 3.8) is 0 Å². The molecule has 4 nitrogen and oxygen atoms in total. The van der Waals surface area contributed by atoms with E-state index in [1.54, 1.807) is 20.4 Å². The zero-order valence-corrected chi connectivity index (χ0v) is 11.2. The predicted octanol–water partition coefficient (Wildman–Crippen LogP) is 1.60. The Morgan fingerprint density at radius 3 is 2.89 bits per heavy atom. The van der Waals surface area contributed by atoms with Crippen molar-refractivity contribution in [2.45, 2.75) is 25.3 Å². The van der Waals surface area contributed by atoms with Crippen LogP contribution in [0.25, 0.3) is 0 Å². The topological polar surface area (TPSA) is 55.6 Å². The van der Waals surface area contributed by atoms with E-state index in [0.717, 1.165) is 24.8 Å². The highest BCUT2D eigenvalue weighted by Crippen LogP contribution is 2.25. The fourth-order valence-corrected chi connectivity index (χ4v) is 1.80. The molecule has 0 saturated heterocycles. The summed E-state index contributed by atoms with van der Waals surface area (Å²) in [4.78, 5) is 12.8. The van der Waals surface area contributed by atoms with E-state index in [-0.39, 0.29) is 18.6 Å². The van der Waals surface area contributed by atoms with E-state index >= 15 is 0 Å². The minimum atomic E-state index is -0.0575. The van der Waals surface area contributed by atoms with Crippen LogP contribution in [0.15, 0.2) is 36.1 Å². The number of nitrogens with two attached hydrogens (primary N) is 1. The minimum Gasteiger partial charge on any atom is -0.491 e. The smallest absolute Gasteiger partial charge is 0.259 e. The summed E-state index contributed by atoms with van der Waals surface area (Å²) in [7, 11) is 3.40. The highest BCUT2D eigenvalue weighted by molar-refractivity contribution is 5.76. The summed E-state index contributed by atoms with van der Waals surface area (Å²) in [6.45, 7) is 3.87. The fourth-order valence-electron chi connectivity index (χ4n) is 1.80. The van der Waals surface area contributed by atoms with Gasteiger partial charge in [-0.2, -0.15) is 0 Å². The number of rotatable bonds is 5. The van der Waals surface area contributed by atoms with Crippen LogP contribution in [0, 0.1) is 0 Å². The van der Waals surface area contributed by atoms with Crippen LogP contribution in [0.3, 0.4) is 0 Å². The van der Waals surface area contributed by atoms with E-state index in [1.165, 1.54) is 10.5 Å². The second-order valence-electron chi connectivity index (χ2n) is 4.66.